The van der Waals surface area contributed by atoms with Crippen molar-refractivity contribution < 1.29 is 8.42 Å². The summed E-state index contributed by atoms with van der Waals surface area (Å²) in [4.78, 5) is 2.14. The van der Waals surface area contributed by atoms with E-state index in [0.29, 0.717) is 6.54 Å². The van der Waals surface area contributed by atoms with E-state index in [9.17, 15) is 8.42 Å². The Morgan fingerprint density at radius 2 is 1.94 bits per heavy atom. The van der Waals surface area contributed by atoms with Gasteiger partial charge in [0.05, 0.1) is 4.99 Å². The summed E-state index contributed by atoms with van der Waals surface area (Å²) >= 11 is 4.58. The van der Waals surface area contributed by atoms with Crippen LogP contribution in [0.5, 0.6) is 0 Å². The molecule has 0 saturated heterocycles. The monoisotopic (exact) mass is 267 g/mol. The smallest absolute Gasteiger partial charge is 0.218 e. The third kappa shape index (κ3) is 7.10. The molecule has 0 aliphatic rings. The third-order valence-electron chi connectivity index (χ3n) is 2.14. The molecule has 0 aromatic carbocycles. The maximum atomic E-state index is 11.5. The molecule has 16 heavy (non-hydrogen) atoms. The van der Waals surface area contributed by atoms with Crippen molar-refractivity contribution in [1.29, 1.82) is 0 Å². The number of nitrogens with two attached hydrogens (primary N) is 1. The summed E-state index contributed by atoms with van der Waals surface area (Å²) in [5, 5.41) is 0. The highest BCUT2D eigenvalue weighted by molar-refractivity contribution is 7.92. The Balaban J connectivity index is 4.23. The Labute approximate surface area is 103 Å². The molecule has 0 radical (unpaired) electrons. The molecule has 0 bridgehead atoms. The Morgan fingerprint density at radius 1 is 1.44 bits per heavy atom. The molecule has 0 fully saturated rings. The minimum atomic E-state index is -3.39. The van der Waals surface area contributed by atoms with Gasteiger partial charge in [0.25, 0.3) is 0 Å². The van der Waals surface area contributed by atoms with Crippen LogP contribution >= 0.6 is 12.2 Å². The maximum absolute atomic E-state index is 11.5. The lowest BCUT2D eigenvalue weighted by atomic mass is 10.3. The van der Waals surface area contributed by atoms with Gasteiger partial charge in [0.2, 0.25) is 10.0 Å². The molecule has 0 heterocycles. The quantitative estimate of drug-likeness (QED) is 0.602. The van der Waals surface area contributed by atoms with E-state index < -0.39 is 10.0 Å². The largest absolute Gasteiger partial charge is 0.392 e. The maximum Gasteiger partial charge on any atom is 0.218 e. The minimum Gasteiger partial charge on any atom is -0.392 e. The van der Waals surface area contributed by atoms with Gasteiger partial charge in [-0.25, -0.2) is 13.1 Å². The molecule has 0 amide bonds. The summed E-state index contributed by atoms with van der Waals surface area (Å²) in [6.45, 7) is 8.40. The van der Waals surface area contributed by atoms with E-state index in [4.69, 9.17) is 5.73 Å². The number of nitrogens with one attached hydrogen (secondary N) is 1. The fourth-order valence-corrected chi connectivity index (χ4v) is 3.05. The van der Waals surface area contributed by atoms with Crippen molar-refractivity contribution in [2.24, 2.45) is 5.73 Å². The van der Waals surface area contributed by atoms with Crippen LogP contribution < -0.4 is 10.5 Å². The highest BCUT2D eigenvalue weighted by Gasteiger charge is 2.16. The third-order valence-corrected chi connectivity index (χ3v) is 3.92. The normalized spacial score (nSPS) is 14.0. The molecular formula is C9H21N3O2S2. The molecule has 0 aromatic heterocycles. The number of likely N-dealkylation sites (N-methyl/N-ethyl adjacent to an activating group) is 1. The average molecular weight is 267 g/mol. The number of sulfonamides is 1. The second kappa shape index (κ2) is 7.16. The van der Waals surface area contributed by atoms with Crippen LogP contribution in [0.2, 0.25) is 0 Å². The molecule has 7 heteroatoms. The van der Waals surface area contributed by atoms with Crippen LogP contribution in [0.3, 0.4) is 0 Å². The first-order chi connectivity index (χ1) is 7.30. The van der Waals surface area contributed by atoms with E-state index in [1.807, 2.05) is 20.8 Å². The predicted octanol–water partition coefficient (Wildman–Crippen LogP) is -0.0778. The number of nitrogens with zero attached hydrogens (tertiary/aromatic N) is 1. The standard InChI is InChI=1S/C9H21N3O2S2/c1-4-12(5-2)6-8(3)11-16(13,14)7-9(10)15/h8,11H,4-7H2,1-3H3,(H2,10,15). The van der Waals surface area contributed by atoms with Crippen molar-refractivity contribution in [3.8, 4) is 0 Å². The summed E-state index contributed by atoms with van der Waals surface area (Å²) < 4.78 is 25.6. The van der Waals surface area contributed by atoms with E-state index in [0.717, 1.165) is 13.1 Å². The van der Waals surface area contributed by atoms with Crippen molar-refractivity contribution in [1.82, 2.24) is 9.62 Å². The van der Waals surface area contributed by atoms with Crippen LogP contribution in [0.25, 0.3) is 0 Å². The van der Waals surface area contributed by atoms with Gasteiger partial charge in [0, 0.05) is 12.6 Å². The lowest BCUT2D eigenvalue weighted by Crippen LogP contribution is -2.44. The topological polar surface area (TPSA) is 75.4 Å². The number of hydrogen-bond acceptors (Lipinski definition) is 4. The van der Waals surface area contributed by atoms with Gasteiger partial charge in [0.1, 0.15) is 5.75 Å². The molecule has 5 nitrogen and oxygen atoms in total. The molecule has 0 spiro atoms. The summed E-state index contributed by atoms with van der Waals surface area (Å²) in [5.41, 5.74) is 5.21. The van der Waals surface area contributed by atoms with Crippen LogP contribution in [0.4, 0.5) is 0 Å². The predicted molar refractivity (Wildman–Crippen MR) is 71.0 cm³/mol. The zero-order valence-electron chi connectivity index (χ0n) is 10.1. The molecular weight excluding hydrogens is 246 g/mol. The molecule has 1 unspecified atom stereocenters. The highest BCUT2D eigenvalue weighted by atomic mass is 32.2. The minimum absolute atomic E-state index is 0.0115. The fraction of sp³-hybridized carbons (Fsp3) is 0.889. The second-order valence-corrected chi connectivity index (χ2v) is 6.01. The number of thiocarbonyl (C=S) groups is 1. The van der Waals surface area contributed by atoms with E-state index >= 15 is 0 Å². The molecule has 0 saturated carbocycles. The zero-order chi connectivity index (χ0) is 12.8. The van der Waals surface area contributed by atoms with E-state index in [-0.39, 0.29) is 16.8 Å². The van der Waals surface area contributed by atoms with Crippen molar-refractivity contribution in [3.63, 3.8) is 0 Å². The van der Waals surface area contributed by atoms with Gasteiger partial charge < -0.3 is 10.6 Å². The number of rotatable bonds is 8. The molecule has 0 aromatic rings. The van der Waals surface area contributed by atoms with Crippen molar-refractivity contribution in [2.75, 3.05) is 25.4 Å². The fourth-order valence-electron chi connectivity index (χ4n) is 1.44. The van der Waals surface area contributed by atoms with Gasteiger partial charge in [-0.05, 0) is 20.0 Å². The summed E-state index contributed by atoms with van der Waals surface area (Å²) in [6.07, 6.45) is 0. The lowest BCUT2D eigenvalue weighted by Gasteiger charge is -2.23. The first-order valence-corrected chi connectivity index (χ1v) is 7.37. The molecule has 0 aliphatic carbocycles. The van der Waals surface area contributed by atoms with E-state index in [2.05, 4.69) is 21.8 Å². The first-order valence-electron chi connectivity index (χ1n) is 5.31. The molecule has 96 valence electrons. The first kappa shape index (κ1) is 15.8. The molecule has 0 aliphatic heterocycles. The summed E-state index contributed by atoms with van der Waals surface area (Å²) in [5.74, 6) is -0.287. The van der Waals surface area contributed by atoms with E-state index in [1.165, 1.54) is 0 Å². The Hall–Kier alpha value is -0.240. The van der Waals surface area contributed by atoms with Crippen molar-refractivity contribution >= 4 is 27.2 Å². The number of hydrogen-bond donors (Lipinski definition) is 2. The lowest BCUT2D eigenvalue weighted by molar-refractivity contribution is 0.282. The van der Waals surface area contributed by atoms with Crippen LogP contribution in [-0.2, 0) is 10.0 Å². The van der Waals surface area contributed by atoms with Gasteiger partial charge in [-0.1, -0.05) is 26.1 Å². The Bertz CT molecular complexity index is 313. The molecule has 3 N–H and O–H groups in total. The van der Waals surface area contributed by atoms with E-state index in [1.54, 1.807) is 0 Å². The van der Waals surface area contributed by atoms with Gasteiger partial charge in [-0.2, -0.15) is 0 Å². The van der Waals surface area contributed by atoms with Gasteiger partial charge >= 0.3 is 0 Å². The summed E-state index contributed by atoms with van der Waals surface area (Å²) in [6, 6.07) is -0.140. The van der Waals surface area contributed by atoms with Crippen molar-refractivity contribution in [3.05, 3.63) is 0 Å². The van der Waals surface area contributed by atoms with Gasteiger partial charge in [0.15, 0.2) is 0 Å². The summed E-state index contributed by atoms with van der Waals surface area (Å²) in [7, 11) is -3.39. The molecule has 0 rings (SSSR count). The SMILES string of the molecule is CCN(CC)CC(C)NS(=O)(=O)CC(N)=S. The Morgan fingerprint density at radius 3 is 2.31 bits per heavy atom. The van der Waals surface area contributed by atoms with Crippen LogP contribution in [0.1, 0.15) is 20.8 Å². The van der Waals surface area contributed by atoms with Crippen LogP contribution in [0.15, 0.2) is 0 Å². The average Bonchev–Trinajstić information content (AvgIpc) is 2.10. The molecule has 1 atom stereocenters. The van der Waals surface area contributed by atoms with Gasteiger partial charge in [-0.3, -0.25) is 0 Å². The van der Waals surface area contributed by atoms with Gasteiger partial charge in [-0.15, -0.1) is 0 Å². The van der Waals surface area contributed by atoms with Crippen LogP contribution in [-0.4, -0.2) is 49.7 Å². The van der Waals surface area contributed by atoms with Crippen molar-refractivity contribution in [2.45, 2.75) is 26.8 Å². The Kier molecular flexibility index (Phi) is 7.05. The van der Waals surface area contributed by atoms with Crippen LogP contribution in [0, 0.1) is 0 Å². The zero-order valence-corrected chi connectivity index (χ0v) is 11.7. The second-order valence-electron chi connectivity index (χ2n) is 3.73. The highest BCUT2D eigenvalue weighted by Crippen LogP contribution is 1.95.